The molecule has 90 valence electrons. The van der Waals surface area contributed by atoms with E-state index in [1.54, 1.807) is 7.11 Å². The van der Waals surface area contributed by atoms with Crippen LogP contribution >= 0.6 is 0 Å². The molecule has 1 aromatic rings. The summed E-state index contributed by atoms with van der Waals surface area (Å²) in [7, 11) is 1.68. The van der Waals surface area contributed by atoms with E-state index in [0.29, 0.717) is 6.54 Å². The largest absolute Gasteiger partial charge is 0.496 e. The number of methoxy groups -OCH3 is 1. The highest BCUT2D eigenvalue weighted by Crippen LogP contribution is 2.18. The van der Waals surface area contributed by atoms with Crippen LogP contribution in [0.2, 0.25) is 0 Å². The predicted octanol–water partition coefficient (Wildman–Crippen LogP) is 1.86. The Bertz CT molecular complexity index is 326. The third kappa shape index (κ3) is 3.83. The van der Waals surface area contributed by atoms with Crippen molar-refractivity contribution in [2.45, 2.75) is 32.9 Å². The number of rotatable bonds is 6. The highest BCUT2D eigenvalue weighted by atomic mass is 16.5. The summed E-state index contributed by atoms with van der Waals surface area (Å²) >= 11 is 0. The minimum atomic E-state index is -0.251. The molecule has 0 aromatic heterocycles. The van der Waals surface area contributed by atoms with Gasteiger partial charge in [0, 0.05) is 13.1 Å². The van der Waals surface area contributed by atoms with E-state index in [9.17, 15) is 5.11 Å². The Hall–Kier alpha value is -1.06. The number of aryl methyl sites for hydroxylation is 1. The van der Waals surface area contributed by atoms with Crippen molar-refractivity contribution in [1.29, 1.82) is 0 Å². The molecule has 0 aliphatic carbocycles. The molecule has 16 heavy (non-hydrogen) atoms. The highest BCUT2D eigenvalue weighted by molar-refractivity contribution is 5.36. The average Bonchev–Trinajstić information content (AvgIpc) is 2.29. The van der Waals surface area contributed by atoms with Crippen molar-refractivity contribution in [1.82, 2.24) is 5.32 Å². The molecule has 1 unspecified atom stereocenters. The van der Waals surface area contributed by atoms with Gasteiger partial charge in [-0.05, 0) is 30.5 Å². The van der Waals surface area contributed by atoms with Gasteiger partial charge in [-0.1, -0.05) is 19.1 Å². The molecule has 0 aliphatic rings. The smallest absolute Gasteiger partial charge is 0.121 e. The normalized spacial score (nSPS) is 12.5. The van der Waals surface area contributed by atoms with Crippen LogP contribution in [0.25, 0.3) is 0 Å². The molecule has 1 atom stereocenters. The summed E-state index contributed by atoms with van der Waals surface area (Å²) < 4.78 is 5.20. The maximum absolute atomic E-state index is 9.39. The number of ether oxygens (including phenoxy) is 1. The van der Waals surface area contributed by atoms with Crippen LogP contribution < -0.4 is 10.1 Å². The van der Waals surface area contributed by atoms with Crippen molar-refractivity contribution in [2.75, 3.05) is 13.7 Å². The molecule has 0 amide bonds. The molecule has 0 heterocycles. The van der Waals surface area contributed by atoms with Gasteiger partial charge >= 0.3 is 0 Å². The summed E-state index contributed by atoms with van der Waals surface area (Å²) in [6, 6.07) is 6.11. The van der Waals surface area contributed by atoms with Crippen LogP contribution in [0.4, 0.5) is 0 Å². The molecule has 3 heteroatoms. The number of nitrogens with one attached hydrogen (secondary N) is 1. The summed E-state index contributed by atoms with van der Waals surface area (Å²) in [5.41, 5.74) is 2.35. The lowest BCUT2D eigenvalue weighted by atomic mass is 10.1. The molecule has 0 aliphatic heterocycles. The zero-order valence-corrected chi connectivity index (χ0v) is 10.3. The first-order valence-electron chi connectivity index (χ1n) is 5.69. The summed E-state index contributed by atoms with van der Waals surface area (Å²) in [5, 5.41) is 12.6. The van der Waals surface area contributed by atoms with Crippen molar-refractivity contribution in [3.05, 3.63) is 29.3 Å². The second kappa shape index (κ2) is 6.51. The second-order valence-electron chi connectivity index (χ2n) is 4.00. The maximum Gasteiger partial charge on any atom is 0.121 e. The Balaban J connectivity index is 2.46. The summed E-state index contributed by atoms with van der Waals surface area (Å²) in [4.78, 5) is 0. The van der Waals surface area contributed by atoms with E-state index in [1.807, 2.05) is 26.0 Å². The lowest BCUT2D eigenvalue weighted by Crippen LogP contribution is -2.25. The molecule has 1 aromatic carbocycles. The molecule has 0 saturated heterocycles. The van der Waals surface area contributed by atoms with Crippen LogP contribution in [-0.4, -0.2) is 24.9 Å². The molecule has 0 spiro atoms. The SMILES string of the molecule is CCC(O)CNCc1ccc(OC)c(C)c1. The van der Waals surface area contributed by atoms with Crippen LogP contribution in [0.1, 0.15) is 24.5 Å². The third-order valence-corrected chi connectivity index (χ3v) is 2.64. The third-order valence-electron chi connectivity index (χ3n) is 2.64. The zero-order chi connectivity index (χ0) is 12.0. The summed E-state index contributed by atoms with van der Waals surface area (Å²) in [6.07, 6.45) is 0.536. The maximum atomic E-state index is 9.39. The predicted molar refractivity (Wildman–Crippen MR) is 65.7 cm³/mol. The van der Waals surface area contributed by atoms with E-state index < -0.39 is 0 Å². The molecule has 3 nitrogen and oxygen atoms in total. The van der Waals surface area contributed by atoms with Gasteiger partial charge in [-0.25, -0.2) is 0 Å². The fourth-order valence-corrected chi connectivity index (χ4v) is 1.58. The van der Waals surface area contributed by atoms with Crippen LogP contribution in [0.5, 0.6) is 5.75 Å². The summed E-state index contributed by atoms with van der Waals surface area (Å²) in [5.74, 6) is 0.914. The molecule has 1 rings (SSSR count). The van der Waals surface area contributed by atoms with Gasteiger partial charge in [-0.15, -0.1) is 0 Å². The van der Waals surface area contributed by atoms with Gasteiger partial charge in [-0.3, -0.25) is 0 Å². The van der Waals surface area contributed by atoms with Crippen LogP contribution in [0.15, 0.2) is 18.2 Å². The molecule has 0 radical (unpaired) electrons. The van der Waals surface area contributed by atoms with Crippen molar-refractivity contribution in [3.63, 3.8) is 0 Å². The van der Waals surface area contributed by atoms with Gasteiger partial charge in [-0.2, -0.15) is 0 Å². The number of aliphatic hydroxyl groups excluding tert-OH is 1. The van der Waals surface area contributed by atoms with E-state index in [2.05, 4.69) is 11.4 Å². The number of hydrogen-bond donors (Lipinski definition) is 2. The minimum absolute atomic E-state index is 0.251. The average molecular weight is 223 g/mol. The fourth-order valence-electron chi connectivity index (χ4n) is 1.58. The molecule has 0 bridgehead atoms. The lowest BCUT2D eigenvalue weighted by molar-refractivity contribution is 0.167. The second-order valence-corrected chi connectivity index (χ2v) is 4.00. The topological polar surface area (TPSA) is 41.5 Å². The first-order chi connectivity index (χ1) is 7.67. The van der Waals surface area contributed by atoms with Crippen molar-refractivity contribution in [2.24, 2.45) is 0 Å². The van der Waals surface area contributed by atoms with Crippen LogP contribution in [0, 0.1) is 6.92 Å². The van der Waals surface area contributed by atoms with Crippen molar-refractivity contribution >= 4 is 0 Å². The van der Waals surface area contributed by atoms with Crippen molar-refractivity contribution in [3.8, 4) is 5.75 Å². The monoisotopic (exact) mass is 223 g/mol. The van der Waals surface area contributed by atoms with Crippen LogP contribution in [-0.2, 0) is 6.54 Å². The number of benzene rings is 1. The van der Waals surface area contributed by atoms with E-state index in [-0.39, 0.29) is 6.10 Å². The molecule has 0 saturated carbocycles. The van der Waals surface area contributed by atoms with E-state index in [0.717, 1.165) is 24.3 Å². The Labute approximate surface area is 97.4 Å². The standard InChI is InChI=1S/C13H21NO2/c1-4-12(15)9-14-8-11-5-6-13(16-3)10(2)7-11/h5-7,12,14-15H,4,8-9H2,1-3H3. The van der Waals surface area contributed by atoms with Crippen LogP contribution in [0.3, 0.4) is 0 Å². The van der Waals surface area contributed by atoms with E-state index in [4.69, 9.17) is 4.74 Å². The Kier molecular flexibility index (Phi) is 5.29. The van der Waals surface area contributed by atoms with Gasteiger partial charge in [0.15, 0.2) is 0 Å². The van der Waals surface area contributed by atoms with Gasteiger partial charge in [0.1, 0.15) is 5.75 Å². The lowest BCUT2D eigenvalue weighted by Gasteiger charge is -2.11. The van der Waals surface area contributed by atoms with Gasteiger partial charge in [0.05, 0.1) is 13.2 Å². The van der Waals surface area contributed by atoms with Crippen molar-refractivity contribution < 1.29 is 9.84 Å². The quantitative estimate of drug-likeness (QED) is 0.773. The van der Waals surface area contributed by atoms with Gasteiger partial charge < -0.3 is 15.2 Å². The Morgan fingerprint density at radius 1 is 1.44 bits per heavy atom. The first-order valence-corrected chi connectivity index (χ1v) is 5.69. The highest BCUT2D eigenvalue weighted by Gasteiger charge is 2.02. The number of hydrogen-bond acceptors (Lipinski definition) is 3. The first kappa shape index (κ1) is 13.0. The van der Waals surface area contributed by atoms with Gasteiger partial charge in [0.25, 0.3) is 0 Å². The minimum Gasteiger partial charge on any atom is -0.496 e. The number of aliphatic hydroxyl groups is 1. The van der Waals surface area contributed by atoms with E-state index >= 15 is 0 Å². The zero-order valence-electron chi connectivity index (χ0n) is 10.3. The Morgan fingerprint density at radius 3 is 2.75 bits per heavy atom. The van der Waals surface area contributed by atoms with Gasteiger partial charge in [0.2, 0.25) is 0 Å². The fraction of sp³-hybridized carbons (Fsp3) is 0.538. The van der Waals surface area contributed by atoms with E-state index in [1.165, 1.54) is 5.56 Å². The molecule has 0 fully saturated rings. The molecular formula is C13H21NO2. The molecule has 2 N–H and O–H groups in total. The Morgan fingerprint density at radius 2 is 2.19 bits per heavy atom. The molecular weight excluding hydrogens is 202 g/mol. The summed E-state index contributed by atoms with van der Waals surface area (Å²) in [6.45, 7) is 5.43.